The molecule has 0 amide bonds. The topological polar surface area (TPSA) is 32.7 Å². The van der Waals surface area contributed by atoms with Crippen LogP contribution < -0.4 is 4.74 Å². The fourth-order valence-electron chi connectivity index (χ4n) is 5.26. The van der Waals surface area contributed by atoms with E-state index in [1.54, 1.807) is 7.11 Å². The molecule has 2 atom stereocenters. The van der Waals surface area contributed by atoms with Crippen LogP contribution in [0.3, 0.4) is 0 Å². The zero-order valence-electron chi connectivity index (χ0n) is 17.2. The second-order valence-electron chi connectivity index (χ2n) is 8.62. The number of aliphatic hydroxyl groups is 1. The molecule has 2 aromatic carbocycles. The number of benzene rings is 2. The summed E-state index contributed by atoms with van der Waals surface area (Å²) >= 11 is 0. The molecular weight excluding hydrogens is 346 g/mol. The summed E-state index contributed by atoms with van der Waals surface area (Å²) in [5.41, 5.74) is 5.24. The predicted molar refractivity (Wildman–Crippen MR) is 114 cm³/mol. The Hall–Kier alpha value is -1.84. The number of fused-ring (bicyclic) bond motifs is 1. The van der Waals surface area contributed by atoms with Gasteiger partial charge in [0.25, 0.3) is 0 Å². The monoisotopic (exact) mass is 379 g/mol. The van der Waals surface area contributed by atoms with E-state index in [0.717, 1.165) is 37.1 Å². The number of hydrogen-bond acceptors (Lipinski definition) is 3. The molecule has 0 radical (unpaired) electrons. The summed E-state index contributed by atoms with van der Waals surface area (Å²) in [7, 11) is 1.73. The summed E-state index contributed by atoms with van der Waals surface area (Å²) in [6.07, 6.45) is 5.10. The van der Waals surface area contributed by atoms with E-state index in [-0.39, 0.29) is 6.10 Å². The van der Waals surface area contributed by atoms with Gasteiger partial charge in [0.2, 0.25) is 0 Å². The van der Waals surface area contributed by atoms with E-state index in [2.05, 4.69) is 42.2 Å². The van der Waals surface area contributed by atoms with Crippen LogP contribution in [0.15, 0.2) is 42.5 Å². The molecule has 0 spiro atoms. The van der Waals surface area contributed by atoms with E-state index < -0.39 is 0 Å². The largest absolute Gasteiger partial charge is 0.496 e. The number of nitrogens with zero attached hydrogens (tertiary/aromatic N) is 1. The highest BCUT2D eigenvalue weighted by Gasteiger charge is 2.28. The molecule has 0 saturated carbocycles. The lowest BCUT2D eigenvalue weighted by Crippen LogP contribution is -2.37. The molecule has 150 valence electrons. The molecule has 3 nitrogen and oxygen atoms in total. The van der Waals surface area contributed by atoms with Gasteiger partial charge in [-0.15, -0.1) is 0 Å². The number of hydrogen-bond donors (Lipinski definition) is 1. The Bertz CT molecular complexity index is 795. The Kier molecular flexibility index (Phi) is 6.03. The van der Waals surface area contributed by atoms with Crippen LogP contribution in [0.5, 0.6) is 5.75 Å². The normalized spacial score (nSPS) is 23.8. The maximum Gasteiger partial charge on any atom is 0.122 e. The molecule has 1 fully saturated rings. The van der Waals surface area contributed by atoms with Crippen LogP contribution in [-0.2, 0) is 6.42 Å². The summed E-state index contributed by atoms with van der Waals surface area (Å²) in [5, 5.41) is 10.8. The molecule has 1 N–H and O–H groups in total. The lowest BCUT2D eigenvalue weighted by molar-refractivity contribution is 0.117. The van der Waals surface area contributed by atoms with Crippen molar-refractivity contribution in [3.63, 3.8) is 0 Å². The van der Waals surface area contributed by atoms with E-state index in [4.69, 9.17) is 4.74 Å². The third-order valence-corrected chi connectivity index (χ3v) is 6.84. The Morgan fingerprint density at radius 1 is 1.00 bits per heavy atom. The molecule has 1 aliphatic carbocycles. The molecule has 1 heterocycles. The highest BCUT2D eigenvalue weighted by atomic mass is 16.5. The highest BCUT2D eigenvalue weighted by Crippen LogP contribution is 2.37. The third-order valence-electron chi connectivity index (χ3n) is 6.84. The number of rotatable bonds is 4. The van der Waals surface area contributed by atoms with Gasteiger partial charge < -0.3 is 14.7 Å². The fraction of sp³-hybridized carbons (Fsp3) is 0.520. The standard InChI is InChI=1S/C25H33NO2/c1-18-6-3-4-7-21(18)20-12-14-26(15-13-20)17-19-10-11-23-22(24(27)16-19)8-5-9-25(23)28-2/h3-9,19-20,24,27H,10-17H2,1-2H3/t19-,24+/m0/s1. The average Bonchev–Trinajstić information content (AvgIpc) is 2.88. The summed E-state index contributed by atoms with van der Waals surface area (Å²) in [6.45, 7) is 5.68. The van der Waals surface area contributed by atoms with Crippen LogP contribution in [0, 0.1) is 12.8 Å². The first-order valence-corrected chi connectivity index (χ1v) is 10.8. The molecule has 3 heteroatoms. The fourth-order valence-corrected chi connectivity index (χ4v) is 5.26. The van der Waals surface area contributed by atoms with Crippen LogP contribution in [-0.4, -0.2) is 36.8 Å². The van der Waals surface area contributed by atoms with Crippen LogP contribution in [0.2, 0.25) is 0 Å². The zero-order chi connectivity index (χ0) is 19.5. The van der Waals surface area contributed by atoms with Gasteiger partial charge in [0.05, 0.1) is 13.2 Å². The minimum Gasteiger partial charge on any atom is -0.496 e. The minimum atomic E-state index is -0.373. The predicted octanol–water partition coefficient (Wildman–Crippen LogP) is 4.87. The molecule has 1 aliphatic heterocycles. The molecule has 2 aliphatic rings. The van der Waals surface area contributed by atoms with Crippen molar-refractivity contribution in [3.8, 4) is 5.75 Å². The summed E-state index contributed by atoms with van der Waals surface area (Å²) in [5.74, 6) is 2.17. The smallest absolute Gasteiger partial charge is 0.122 e. The Balaban J connectivity index is 1.36. The van der Waals surface area contributed by atoms with E-state index in [0.29, 0.717) is 11.8 Å². The van der Waals surface area contributed by atoms with Gasteiger partial charge in [0.15, 0.2) is 0 Å². The molecule has 0 aromatic heterocycles. The van der Waals surface area contributed by atoms with Crippen molar-refractivity contribution >= 4 is 0 Å². The van der Waals surface area contributed by atoms with Crippen LogP contribution >= 0.6 is 0 Å². The van der Waals surface area contributed by atoms with Crippen molar-refractivity contribution in [3.05, 3.63) is 64.7 Å². The highest BCUT2D eigenvalue weighted by molar-refractivity contribution is 5.42. The van der Waals surface area contributed by atoms with Gasteiger partial charge in [-0.1, -0.05) is 36.4 Å². The first-order valence-electron chi connectivity index (χ1n) is 10.8. The van der Waals surface area contributed by atoms with Gasteiger partial charge >= 0.3 is 0 Å². The van der Waals surface area contributed by atoms with Crippen molar-refractivity contribution in [2.45, 2.75) is 51.0 Å². The average molecular weight is 380 g/mol. The minimum absolute atomic E-state index is 0.373. The number of likely N-dealkylation sites (tertiary alicyclic amines) is 1. The van der Waals surface area contributed by atoms with Crippen LogP contribution in [0.1, 0.15) is 60.0 Å². The number of ether oxygens (including phenoxy) is 1. The number of piperidine rings is 1. The number of aryl methyl sites for hydroxylation is 1. The number of aliphatic hydroxyl groups excluding tert-OH is 1. The Morgan fingerprint density at radius 2 is 1.75 bits per heavy atom. The lowest BCUT2D eigenvalue weighted by atomic mass is 9.86. The zero-order valence-corrected chi connectivity index (χ0v) is 17.2. The molecule has 0 bridgehead atoms. The van der Waals surface area contributed by atoms with Crippen LogP contribution in [0.25, 0.3) is 0 Å². The van der Waals surface area contributed by atoms with E-state index >= 15 is 0 Å². The molecule has 2 aromatic rings. The van der Waals surface area contributed by atoms with Crippen molar-refractivity contribution in [2.75, 3.05) is 26.7 Å². The molecule has 28 heavy (non-hydrogen) atoms. The van der Waals surface area contributed by atoms with Crippen molar-refractivity contribution in [1.82, 2.24) is 4.90 Å². The SMILES string of the molecule is COc1cccc2c1CC[C@H](CN1CCC(c3ccccc3C)CC1)C[C@H]2O. The molecule has 1 saturated heterocycles. The van der Waals surface area contributed by atoms with Gasteiger partial charge in [-0.2, -0.15) is 0 Å². The van der Waals surface area contributed by atoms with Crippen molar-refractivity contribution in [2.24, 2.45) is 5.92 Å². The second-order valence-corrected chi connectivity index (χ2v) is 8.62. The Morgan fingerprint density at radius 3 is 2.50 bits per heavy atom. The van der Waals surface area contributed by atoms with Crippen molar-refractivity contribution in [1.29, 1.82) is 0 Å². The summed E-state index contributed by atoms with van der Waals surface area (Å²) in [4.78, 5) is 2.62. The molecule has 4 rings (SSSR count). The second kappa shape index (κ2) is 8.67. The van der Waals surface area contributed by atoms with Gasteiger partial charge in [-0.25, -0.2) is 0 Å². The van der Waals surface area contributed by atoms with E-state index in [1.807, 2.05) is 12.1 Å². The summed E-state index contributed by atoms with van der Waals surface area (Å²) < 4.78 is 5.54. The number of methoxy groups -OCH3 is 1. The van der Waals surface area contributed by atoms with Crippen LogP contribution in [0.4, 0.5) is 0 Å². The lowest BCUT2D eigenvalue weighted by Gasteiger charge is -2.35. The maximum atomic E-state index is 10.8. The van der Waals surface area contributed by atoms with E-state index in [9.17, 15) is 5.11 Å². The molecular formula is C25H33NO2. The third kappa shape index (κ3) is 4.11. The molecule has 0 unspecified atom stereocenters. The Labute approximate surface area is 169 Å². The van der Waals surface area contributed by atoms with Gasteiger partial charge in [-0.05, 0) is 92.3 Å². The first kappa shape index (κ1) is 19.5. The maximum absolute atomic E-state index is 10.8. The van der Waals surface area contributed by atoms with Crippen molar-refractivity contribution < 1.29 is 9.84 Å². The van der Waals surface area contributed by atoms with Gasteiger partial charge in [0.1, 0.15) is 5.75 Å². The first-order chi connectivity index (χ1) is 13.7. The van der Waals surface area contributed by atoms with E-state index in [1.165, 1.54) is 42.6 Å². The quantitative estimate of drug-likeness (QED) is 0.770. The van der Waals surface area contributed by atoms with Gasteiger partial charge in [0, 0.05) is 6.54 Å². The van der Waals surface area contributed by atoms with Gasteiger partial charge in [-0.3, -0.25) is 0 Å². The summed E-state index contributed by atoms with van der Waals surface area (Å²) in [6, 6.07) is 14.9.